The number of fused-ring (bicyclic) bond motifs is 2. The molecule has 2 heterocycles. The highest BCUT2D eigenvalue weighted by molar-refractivity contribution is 5.79. The van der Waals surface area contributed by atoms with Crippen molar-refractivity contribution in [3.63, 3.8) is 0 Å². The topological polar surface area (TPSA) is 41.6 Å². The maximum Gasteiger partial charge on any atom is 0.261 e. The number of amides is 1. The Morgan fingerprint density at radius 2 is 2.00 bits per heavy atom. The van der Waals surface area contributed by atoms with E-state index in [0.29, 0.717) is 17.8 Å². The third kappa shape index (κ3) is 2.06. The highest BCUT2D eigenvalue weighted by Crippen LogP contribution is 2.28. The number of halogens is 1. The molecule has 0 radical (unpaired) electrons. The first-order chi connectivity index (χ1) is 8.74. The minimum absolute atomic E-state index is 0.0158. The van der Waals surface area contributed by atoms with Gasteiger partial charge in [0.25, 0.3) is 5.91 Å². The molecule has 1 amide bonds. The van der Waals surface area contributed by atoms with E-state index in [-0.39, 0.29) is 18.3 Å². The zero-order chi connectivity index (χ0) is 12.5. The summed E-state index contributed by atoms with van der Waals surface area (Å²) < 4.78 is 18.1. The zero-order valence-corrected chi connectivity index (χ0v) is 9.93. The second-order valence-corrected chi connectivity index (χ2v) is 4.75. The molecule has 4 nitrogen and oxygen atoms in total. The summed E-state index contributed by atoms with van der Waals surface area (Å²) in [7, 11) is 0. The summed E-state index contributed by atoms with van der Waals surface area (Å²) in [6.45, 7) is 1.77. The van der Waals surface area contributed by atoms with Crippen molar-refractivity contribution in [2.75, 3.05) is 19.7 Å². The lowest BCUT2D eigenvalue weighted by Gasteiger charge is -2.52. The van der Waals surface area contributed by atoms with Gasteiger partial charge in [-0.25, -0.2) is 4.39 Å². The van der Waals surface area contributed by atoms with Gasteiger partial charge in [-0.15, -0.1) is 0 Å². The van der Waals surface area contributed by atoms with Gasteiger partial charge in [0, 0.05) is 25.2 Å². The minimum Gasteiger partial charge on any atom is -0.484 e. The Labute approximate surface area is 105 Å². The quantitative estimate of drug-likeness (QED) is 0.862. The number of carbonyl (C=O) groups is 1. The number of nitrogens with zero attached hydrogens (tertiary/aromatic N) is 1. The van der Waals surface area contributed by atoms with Crippen LogP contribution in [0.3, 0.4) is 0 Å². The van der Waals surface area contributed by atoms with Gasteiger partial charge >= 0.3 is 0 Å². The Kier molecular flexibility index (Phi) is 2.91. The second kappa shape index (κ2) is 4.57. The van der Waals surface area contributed by atoms with E-state index in [0.717, 1.165) is 19.5 Å². The van der Waals surface area contributed by atoms with Crippen LogP contribution in [0.2, 0.25) is 0 Å². The highest BCUT2D eigenvalue weighted by atomic mass is 19.1. The van der Waals surface area contributed by atoms with Crippen molar-refractivity contribution in [2.24, 2.45) is 0 Å². The van der Waals surface area contributed by atoms with Crippen LogP contribution in [-0.4, -0.2) is 42.6 Å². The maximum atomic E-state index is 12.7. The molecule has 3 rings (SSSR count). The van der Waals surface area contributed by atoms with E-state index < -0.39 is 0 Å². The predicted molar refractivity (Wildman–Crippen MR) is 63.8 cm³/mol. The van der Waals surface area contributed by atoms with Crippen molar-refractivity contribution in [3.8, 4) is 5.75 Å². The average Bonchev–Trinajstić information content (AvgIpc) is 2.39. The smallest absolute Gasteiger partial charge is 0.261 e. The third-order valence-electron chi connectivity index (χ3n) is 3.55. The first kappa shape index (κ1) is 11.5. The molecule has 18 heavy (non-hydrogen) atoms. The van der Waals surface area contributed by atoms with Gasteiger partial charge in [0.05, 0.1) is 0 Å². The fourth-order valence-electron chi connectivity index (χ4n) is 2.64. The second-order valence-electron chi connectivity index (χ2n) is 4.75. The summed E-state index contributed by atoms with van der Waals surface area (Å²) in [6, 6.07) is 6.35. The lowest BCUT2D eigenvalue weighted by molar-refractivity contribution is -0.149. The Balaban J connectivity index is 1.54. The highest BCUT2D eigenvalue weighted by Gasteiger charge is 2.44. The van der Waals surface area contributed by atoms with Crippen LogP contribution >= 0.6 is 0 Å². The molecule has 96 valence electrons. The summed E-state index contributed by atoms with van der Waals surface area (Å²) >= 11 is 0. The summed E-state index contributed by atoms with van der Waals surface area (Å²) in [4.78, 5) is 13.9. The van der Waals surface area contributed by atoms with Crippen molar-refractivity contribution < 1.29 is 13.9 Å². The molecule has 2 fully saturated rings. The predicted octanol–water partition coefficient (Wildman–Crippen LogP) is 0.777. The van der Waals surface area contributed by atoms with Crippen LogP contribution in [0, 0.1) is 5.82 Å². The van der Waals surface area contributed by atoms with E-state index in [9.17, 15) is 9.18 Å². The Morgan fingerprint density at radius 3 is 2.61 bits per heavy atom. The summed E-state index contributed by atoms with van der Waals surface area (Å²) in [6.07, 6.45) is 1.09. The number of rotatable bonds is 3. The van der Waals surface area contributed by atoms with E-state index in [4.69, 9.17) is 4.74 Å². The Hall–Kier alpha value is -1.62. The van der Waals surface area contributed by atoms with E-state index in [2.05, 4.69) is 5.32 Å². The number of carbonyl (C=O) groups excluding carboxylic acids is 1. The van der Waals surface area contributed by atoms with Gasteiger partial charge in [0.15, 0.2) is 6.61 Å². The number of ether oxygens (including phenoxy) is 1. The van der Waals surface area contributed by atoms with Crippen molar-refractivity contribution >= 4 is 5.91 Å². The fourth-order valence-corrected chi connectivity index (χ4v) is 2.64. The standard InChI is InChI=1S/C13H15FN2O2/c14-9-1-3-12(4-2-9)18-8-13(17)16-10-5-11(16)7-15-6-10/h1-4,10-11,15H,5-8H2. The molecule has 2 bridgehead atoms. The first-order valence-electron chi connectivity index (χ1n) is 6.14. The molecule has 1 aromatic rings. The summed E-state index contributed by atoms with van der Waals surface area (Å²) in [5, 5.41) is 3.27. The summed E-state index contributed by atoms with van der Waals surface area (Å²) in [5.74, 6) is 0.229. The zero-order valence-electron chi connectivity index (χ0n) is 9.93. The van der Waals surface area contributed by atoms with Crippen LogP contribution in [-0.2, 0) is 4.79 Å². The molecule has 2 saturated heterocycles. The van der Waals surface area contributed by atoms with Gasteiger partial charge in [-0.05, 0) is 30.7 Å². The molecule has 0 aliphatic carbocycles. The molecule has 2 unspecified atom stereocenters. The van der Waals surface area contributed by atoms with Crippen LogP contribution in [0.1, 0.15) is 6.42 Å². The van der Waals surface area contributed by atoms with Gasteiger partial charge in [0.2, 0.25) is 0 Å². The van der Waals surface area contributed by atoms with Crippen LogP contribution in [0.4, 0.5) is 4.39 Å². The van der Waals surface area contributed by atoms with Crippen molar-refractivity contribution in [1.82, 2.24) is 10.2 Å². The molecule has 2 aliphatic rings. The third-order valence-corrected chi connectivity index (χ3v) is 3.55. The number of piperidine rings is 1. The molecule has 1 aromatic carbocycles. The normalized spacial score (nSPS) is 25.5. The van der Waals surface area contributed by atoms with E-state index in [1.165, 1.54) is 24.3 Å². The molecule has 2 aliphatic heterocycles. The molecule has 0 saturated carbocycles. The number of hydrogen-bond donors (Lipinski definition) is 1. The molecule has 0 aromatic heterocycles. The van der Waals surface area contributed by atoms with Crippen LogP contribution in [0.25, 0.3) is 0 Å². The van der Waals surface area contributed by atoms with Gasteiger partial charge in [-0.1, -0.05) is 0 Å². The van der Waals surface area contributed by atoms with Crippen LogP contribution in [0.5, 0.6) is 5.75 Å². The molecule has 0 spiro atoms. The van der Waals surface area contributed by atoms with Gasteiger partial charge in [-0.2, -0.15) is 0 Å². The number of nitrogens with one attached hydrogen (secondary N) is 1. The van der Waals surface area contributed by atoms with Gasteiger partial charge < -0.3 is 15.0 Å². The number of benzene rings is 1. The summed E-state index contributed by atoms with van der Waals surface area (Å²) in [5.41, 5.74) is 0. The Bertz CT molecular complexity index is 435. The largest absolute Gasteiger partial charge is 0.484 e. The molecule has 2 atom stereocenters. The van der Waals surface area contributed by atoms with Gasteiger partial charge in [-0.3, -0.25) is 4.79 Å². The van der Waals surface area contributed by atoms with E-state index in [1.807, 2.05) is 4.90 Å². The lowest BCUT2D eigenvalue weighted by atomic mass is 9.89. The maximum absolute atomic E-state index is 12.7. The van der Waals surface area contributed by atoms with E-state index >= 15 is 0 Å². The Morgan fingerprint density at radius 1 is 1.33 bits per heavy atom. The van der Waals surface area contributed by atoms with Crippen molar-refractivity contribution in [1.29, 1.82) is 0 Å². The monoisotopic (exact) mass is 250 g/mol. The number of hydrogen-bond acceptors (Lipinski definition) is 3. The van der Waals surface area contributed by atoms with Crippen LogP contribution in [0.15, 0.2) is 24.3 Å². The van der Waals surface area contributed by atoms with Crippen LogP contribution < -0.4 is 10.1 Å². The number of piperazine rings is 1. The van der Waals surface area contributed by atoms with Crippen molar-refractivity contribution in [2.45, 2.75) is 18.5 Å². The van der Waals surface area contributed by atoms with Gasteiger partial charge in [0.1, 0.15) is 11.6 Å². The molecule has 5 heteroatoms. The minimum atomic E-state index is -0.308. The first-order valence-corrected chi connectivity index (χ1v) is 6.14. The van der Waals surface area contributed by atoms with Crippen molar-refractivity contribution in [3.05, 3.63) is 30.1 Å². The lowest BCUT2D eigenvalue weighted by Crippen LogP contribution is -2.70. The SMILES string of the molecule is O=C(COc1ccc(F)cc1)N1C2CNCC1C2. The molecule has 1 N–H and O–H groups in total. The van der Waals surface area contributed by atoms with E-state index in [1.54, 1.807) is 0 Å². The fraction of sp³-hybridized carbons (Fsp3) is 0.462. The molecular weight excluding hydrogens is 235 g/mol. The average molecular weight is 250 g/mol. The molecular formula is C13H15FN2O2.